The van der Waals surface area contributed by atoms with E-state index in [0.717, 1.165) is 38.0 Å². The highest BCUT2D eigenvalue weighted by molar-refractivity contribution is 5.85. The molecule has 1 nitrogen and oxygen atoms in total. The molecule has 20 heavy (non-hydrogen) atoms. The smallest absolute Gasteiger partial charge is 0.159 e. The lowest BCUT2D eigenvalue weighted by Crippen LogP contribution is -3.13. The minimum Gasteiger partial charge on any atom is -1.00 e. The van der Waals surface area contributed by atoms with Crippen LogP contribution in [0.4, 0.5) is 13.2 Å². The number of rotatable bonds is 4. The zero-order chi connectivity index (χ0) is 13.0. The van der Waals surface area contributed by atoms with Crippen LogP contribution in [0.5, 0.6) is 0 Å². The van der Waals surface area contributed by atoms with Crippen molar-refractivity contribution in [3.63, 3.8) is 0 Å². The third kappa shape index (κ3) is 5.15. The Kier molecular flexibility index (Phi) is 9.27. The summed E-state index contributed by atoms with van der Waals surface area (Å²) in [5.41, 5.74) is 0.867. The molecule has 1 fully saturated rings. The van der Waals surface area contributed by atoms with Gasteiger partial charge in [-0.3, -0.25) is 4.39 Å². The van der Waals surface area contributed by atoms with E-state index in [0.29, 0.717) is 6.42 Å². The highest BCUT2D eigenvalue weighted by Gasteiger charge is 2.24. The molecule has 0 amide bonds. The Bertz CT molecular complexity index is 404. The predicted octanol–water partition coefficient (Wildman–Crippen LogP) is -0.487. The Balaban J connectivity index is 0.00000180. The predicted molar refractivity (Wildman–Crippen MR) is 71.7 cm³/mol. The molecule has 1 saturated heterocycles. The minimum absolute atomic E-state index is 0. The molecular weight excluding hydrogens is 310 g/mol. The van der Waals surface area contributed by atoms with E-state index in [2.05, 4.69) is 0 Å². The number of hydrogen-bond donors (Lipinski definition) is 1. The molecule has 0 saturated carbocycles. The zero-order valence-electron chi connectivity index (χ0n) is 11.2. The van der Waals surface area contributed by atoms with Crippen LogP contribution in [0.15, 0.2) is 18.2 Å². The number of alkyl halides is 1. The molecule has 1 heterocycles. The van der Waals surface area contributed by atoms with Gasteiger partial charge in [0.05, 0.1) is 26.3 Å². The lowest BCUT2D eigenvalue weighted by molar-refractivity contribution is -0.906. The molecule has 0 radical (unpaired) electrons. The van der Waals surface area contributed by atoms with Gasteiger partial charge in [0.25, 0.3) is 0 Å². The van der Waals surface area contributed by atoms with Crippen molar-refractivity contribution in [1.82, 2.24) is 0 Å². The molecule has 1 aliphatic heterocycles. The molecule has 0 aromatic heterocycles. The topological polar surface area (TPSA) is 4.44 Å². The second kappa shape index (κ2) is 9.48. The van der Waals surface area contributed by atoms with E-state index in [1.807, 2.05) is 0 Å². The van der Waals surface area contributed by atoms with Gasteiger partial charge in [0, 0.05) is 12.3 Å². The first kappa shape index (κ1) is 19.6. The first-order chi connectivity index (χ1) is 8.70. The van der Waals surface area contributed by atoms with E-state index in [4.69, 9.17) is 0 Å². The lowest BCUT2D eigenvalue weighted by Gasteiger charge is -2.30. The summed E-state index contributed by atoms with van der Waals surface area (Å²) < 4.78 is 38.3. The molecule has 0 bridgehead atoms. The van der Waals surface area contributed by atoms with Crippen molar-refractivity contribution >= 4 is 12.4 Å². The van der Waals surface area contributed by atoms with Crippen molar-refractivity contribution in [2.24, 2.45) is 0 Å². The highest BCUT2D eigenvalue weighted by Crippen LogP contribution is 2.23. The number of likely N-dealkylation sites (tertiary alicyclic amines) is 1. The summed E-state index contributed by atoms with van der Waals surface area (Å²) in [4.78, 5) is 1.37. The van der Waals surface area contributed by atoms with Crippen LogP contribution in [0, 0.1) is 11.6 Å². The number of quaternary nitrogens is 1. The molecule has 1 aromatic carbocycles. The van der Waals surface area contributed by atoms with Gasteiger partial charge in [0.1, 0.15) is 0 Å². The van der Waals surface area contributed by atoms with Gasteiger partial charge in [-0.1, -0.05) is 6.07 Å². The van der Waals surface area contributed by atoms with Crippen molar-refractivity contribution in [3.8, 4) is 0 Å². The van der Waals surface area contributed by atoms with E-state index in [-0.39, 0.29) is 37.4 Å². The first-order valence-corrected chi connectivity index (χ1v) is 6.55. The van der Waals surface area contributed by atoms with Crippen molar-refractivity contribution < 1.29 is 30.5 Å². The van der Waals surface area contributed by atoms with Crippen LogP contribution < -0.4 is 17.3 Å². The Labute approximate surface area is 130 Å². The second-order valence-electron chi connectivity index (χ2n) is 5.01. The minimum atomic E-state index is -0.795. The van der Waals surface area contributed by atoms with Gasteiger partial charge < -0.3 is 17.3 Å². The van der Waals surface area contributed by atoms with Crippen LogP contribution in [0.3, 0.4) is 0 Å². The Hall–Kier alpha value is -0.450. The van der Waals surface area contributed by atoms with Gasteiger partial charge in [-0.05, 0) is 30.5 Å². The summed E-state index contributed by atoms with van der Waals surface area (Å²) in [6.45, 7) is 2.50. The van der Waals surface area contributed by atoms with Crippen molar-refractivity contribution in [2.75, 3.05) is 26.3 Å². The molecule has 1 aliphatic rings. The van der Waals surface area contributed by atoms with Crippen LogP contribution in [-0.2, 0) is 0 Å². The molecule has 0 aliphatic carbocycles. The SMILES string of the molecule is Cl.FCCC[NH+]1CCCC(c2ccc(F)c(F)c2)C1.[Cl-]. The fraction of sp³-hybridized carbons (Fsp3) is 0.571. The summed E-state index contributed by atoms with van der Waals surface area (Å²) in [5.74, 6) is -1.30. The summed E-state index contributed by atoms with van der Waals surface area (Å²) in [6, 6.07) is 4.17. The van der Waals surface area contributed by atoms with Crippen LogP contribution in [0.1, 0.15) is 30.7 Å². The fourth-order valence-electron chi connectivity index (χ4n) is 2.75. The molecule has 116 valence electrons. The van der Waals surface area contributed by atoms with E-state index in [1.54, 1.807) is 6.07 Å². The van der Waals surface area contributed by atoms with Crippen molar-refractivity contribution in [1.29, 1.82) is 0 Å². The quantitative estimate of drug-likeness (QED) is 0.760. The third-order valence-corrected chi connectivity index (χ3v) is 3.70. The largest absolute Gasteiger partial charge is 1.00 e. The lowest BCUT2D eigenvalue weighted by atomic mass is 9.90. The average molecular weight is 330 g/mol. The van der Waals surface area contributed by atoms with E-state index >= 15 is 0 Å². The summed E-state index contributed by atoms with van der Waals surface area (Å²) in [7, 11) is 0. The summed E-state index contributed by atoms with van der Waals surface area (Å²) >= 11 is 0. The highest BCUT2D eigenvalue weighted by atomic mass is 35.5. The van der Waals surface area contributed by atoms with Crippen molar-refractivity contribution in [3.05, 3.63) is 35.4 Å². The van der Waals surface area contributed by atoms with Crippen LogP contribution >= 0.6 is 12.4 Å². The molecular formula is C14H20Cl2F3N. The van der Waals surface area contributed by atoms with Gasteiger partial charge in [0.2, 0.25) is 0 Å². The molecule has 2 unspecified atom stereocenters. The normalized spacial score (nSPS) is 21.8. The number of benzene rings is 1. The van der Waals surface area contributed by atoms with Crippen molar-refractivity contribution in [2.45, 2.75) is 25.2 Å². The summed E-state index contributed by atoms with van der Waals surface area (Å²) in [5, 5.41) is 0. The fourth-order valence-corrected chi connectivity index (χ4v) is 2.75. The molecule has 1 aromatic rings. The summed E-state index contributed by atoms with van der Waals surface area (Å²) in [6.07, 6.45) is 2.65. The molecule has 0 spiro atoms. The van der Waals surface area contributed by atoms with E-state index in [9.17, 15) is 13.2 Å². The Morgan fingerprint density at radius 3 is 2.60 bits per heavy atom. The zero-order valence-corrected chi connectivity index (χ0v) is 12.8. The maximum absolute atomic E-state index is 13.2. The van der Waals surface area contributed by atoms with Gasteiger partial charge in [-0.15, -0.1) is 12.4 Å². The Morgan fingerprint density at radius 1 is 1.20 bits per heavy atom. The molecule has 6 heteroatoms. The first-order valence-electron chi connectivity index (χ1n) is 6.55. The molecule has 2 rings (SSSR count). The maximum atomic E-state index is 13.2. The molecule has 1 N–H and O–H groups in total. The van der Waals surface area contributed by atoms with Crippen LogP contribution in [0.25, 0.3) is 0 Å². The van der Waals surface area contributed by atoms with E-state index < -0.39 is 11.6 Å². The van der Waals surface area contributed by atoms with Crippen LogP contribution in [-0.4, -0.2) is 26.3 Å². The average Bonchev–Trinajstić information content (AvgIpc) is 2.40. The van der Waals surface area contributed by atoms with Gasteiger partial charge in [0.15, 0.2) is 11.6 Å². The van der Waals surface area contributed by atoms with Gasteiger partial charge >= 0.3 is 0 Å². The molecule has 2 atom stereocenters. The number of piperidine rings is 1. The maximum Gasteiger partial charge on any atom is 0.159 e. The van der Waals surface area contributed by atoms with Crippen LogP contribution in [0.2, 0.25) is 0 Å². The third-order valence-electron chi connectivity index (χ3n) is 3.70. The van der Waals surface area contributed by atoms with E-state index in [1.165, 1.54) is 17.0 Å². The Morgan fingerprint density at radius 2 is 1.95 bits per heavy atom. The number of hydrogen-bond acceptors (Lipinski definition) is 0. The monoisotopic (exact) mass is 329 g/mol. The van der Waals surface area contributed by atoms with Gasteiger partial charge in [-0.25, -0.2) is 8.78 Å². The second-order valence-corrected chi connectivity index (χ2v) is 5.01. The standard InChI is InChI=1S/C14H18F3N.2ClH/c15-6-2-8-18-7-1-3-12(10-18)11-4-5-13(16)14(17)9-11;;/h4-5,9,12H,1-3,6-8,10H2;2*1H. The number of halogens is 5. The number of nitrogens with one attached hydrogen (secondary N) is 1. The van der Waals surface area contributed by atoms with Gasteiger partial charge in [-0.2, -0.15) is 0 Å².